The van der Waals surface area contributed by atoms with Crippen LogP contribution < -0.4 is 20.7 Å². The number of Topliss-reactive ketones (excluding diaryl/α,β-unsaturated/α-hetero) is 1. The molecule has 13 heteroatoms. The fourth-order valence-electron chi connectivity index (χ4n) is 5.17. The van der Waals surface area contributed by atoms with E-state index in [1.165, 1.54) is 45.2 Å². The summed E-state index contributed by atoms with van der Waals surface area (Å²) in [4.78, 5) is 52.4. The van der Waals surface area contributed by atoms with Crippen molar-refractivity contribution in [3.8, 4) is 5.75 Å². The van der Waals surface area contributed by atoms with Crippen molar-refractivity contribution < 1.29 is 42.2 Å². The number of aliphatic hydroxyl groups excluding tert-OH is 1. The molecule has 2 aromatic carbocycles. The van der Waals surface area contributed by atoms with Crippen LogP contribution >= 0.6 is 11.6 Å². The maximum atomic E-state index is 13.6. The molecule has 0 spiro atoms. The zero-order chi connectivity index (χ0) is 31.9. The fraction of sp³-hybridized carbons (Fsp3) is 0.467. The molecule has 9 nitrogen and oxygen atoms in total. The fourth-order valence-corrected chi connectivity index (χ4v) is 5.30. The minimum atomic E-state index is -5.20. The van der Waals surface area contributed by atoms with E-state index in [-0.39, 0.29) is 5.56 Å². The minimum absolute atomic E-state index is 0.157. The summed E-state index contributed by atoms with van der Waals surface area (Å²) in [5.74, 6) is -5.20. The van der Waals surface area contributed by atoms with Crippen LogP contribution in [0.3, 0.4) is 0 Å². The quantitative estimate of drug-likeness (QED) is 0.284. The van der Waals surface area contributed by atoms with Crippen LogP contribution in [-0.2, 0) is 24.6 Å². The van der Waals surface area contributed by atoms with Crippen LogP contribution in [0.2, 0.25) is 5.02 Å². The summed E-state index contributed by atoms with van der Waals surface area (Å²) in [6.45, 7) is 1.85. The van der Waals surface area contributed by atoms with Gasteiger partial charge in [0.2, 0.25) is 17.7 Å². The van der Waals surface area contributed by atoms with E-state index < -0.39 is 65.7 Å². The van der Waals surface area contributed by atoms with Gasteiger partial charge in [0.15, 0.2) is 0 Å². The standard InChI is InChI=1S/C30H35ClF3N3O6/c1-17(2)23(25(39)30(32,33)34)36-27(41)24(18-6-12-21(43-3)13-7-18)37-26(40)22(16-38)35-28(42)29(14-4-5-15-29)19-8-10-20(31)11-9-19/h6-13,17,22-24,38H,4-5,14-16H2,1-3H3,(H,35,42)(H,36,41)(H,37,40). The van der Waals surface area contributed by atoms with E-state index in [9.17, 15) is 37.5 Å². The molecular formula is C30H35ClF3N3O6. The number of halogens is 4. The summed E-state index contributed by atoms with van der Waals surface area (Å²) < 4.78 is 44.8. The molecule has 1 fully saturated rings. The van der Waals surface area contributed by atoms with Crippen molar-refractivity contribution in [2.45, 2.75) is 69.2 Å². The van der Waals surface area contributed by atoms with Gasteiger partial charge in [-0.2, -0.15) is 13.2 Å². The van der Waals surface area contributed by atoms with Gasteiger partial charge in [-0.3, -0.25) is 19.2 Å². The Kier molecular flexibility index (Phi) is 11.2. The Balaban J connectivity index is 1.87. The highest BCUT2D eigenvalue weighted by Gasteiger charge is 2.46. The van der Waals surface area contributed by atoms with Gasteiger partial charge in [-0.25, -0.2) is 0 Å². The lowest BCUT2D eigenvalue weighted by Crippen LogP contribution is -2.57. The number of rotatable bonds is 12. The summed E-state index contributed by atoms with van der Waals surface area (Å²) >= 11 is 6.02. The Morgan fingerprint density at radius 2 is 1.51 bits per heavy atom. The zero-order valence-electron chi connectivity index (χ0n) is 24.0. The van der Waals surface area contributed by atoms with Crippen molar-refractivity contribution in [1.29, 1.82) is 0 Å². The number of ether oxygens (including phenoxy) is 1. The Labute approximate surface area is 252 Å². The lowest BCUT2D eigenvalue weighted by Gasteiger charge is -2.31. The van der Waals surface area contributed by atoms with E-state index in [4.69, 9.17) is 16.3 Å². The van der Waals surface area contributed by atoms with E-state index in [1.54, 1.807) is 24.3 Å². The lowest BCUT2D eigenvalue weighted by atomic mass is 9.78. The van der Waals surface area contributed by atoms with E-state index in [0.29, 0.717) is 29.2 Å². The number of hydrogen-bond donors (Lipinski definition) is 4. The Morgan fingerprint density at radius 1 is 0.930 bits per heavy atom. The number of methoxy groups -OCH3 is 1. The zero-order valence-corrected chi connectivity index (χ0v) is 24.7. The molecule has 234 valence electrons. The second kappa shape index (κ2) is 14.2. The average Bonchev–Trinajstić information content (AvgIpc) is 3.48. The number of ketones is 1. The third-order valence-electron chi connectivity index (χ3n) is 7.62. The summed E-state index contributed by atoms with van der Waals surface area (Å²) in [7, 11) is 1.41. The van der Waals surface area contributed by atoms with Gasteiger partial charge in [-0.1, -0.05) is 62.6 Å². The van der Waals surface area contributed by atoms with Crippen molar-refractivity contribution in [3.05, 3.63) is 64.7 Å². The van der Waals surface area contributed by atoms with Crippen LogP contribution in [0.1, 0.15) is 56.7 Å². The predicted molar refractivity (Wildman–Crippen MR) is 152 cm³/mol. The van der Waals surface area contributed by atoms with E-state index in [0.717, 1.165) is 12.8 Å². The second-order valence-corrected chi connectivity index (χ2v) is 11.2. The van der Waals surface area contributed by atoms with Gasteiger partial charge >= 0.3 is 6.18 Å². The number of carbonyl (C=O) groups excluding carboxylic acids is 4. The first-order chi connectivity index (χ1) is 20.2. The number of nitrogens with one attached hydrogen (secondary N) is 3. The van der Waals surface area contributed by atoms with Gasteiger partial charge < -0.3 is 25.8 Å². The first-order valence-electron chi connectivity index (χ1n) is 13.8. The Morgan fingerprint density at radius 3 is 2.00 bits per heavy atom. The van der Waals surface area contributed by atoms with Gasteiger partial charge in [-0.15, -0.1) is 0 Å². The van der Waals surface area contributed by atoms with Crippen LogP contribution in [0.4, 0.5) is 13.2 Å². The normalized spacial score (nSPS) is 16.6. The van der Waals surface area contributed by atoms with Crippen molar-refractivity contribution >= 4 is 35.1 Å². The van der Waals surface area contributed by atoms with Gasteiger partial charge in [0, 0.05) is 5.02 Å². The van der Waals surface area contributed by atoms with E-state index in [2.05, 4.69) is 16.0 Å². The average molecular weight is 626 g/mol. The molecule has 0 radical (unpaired) electrons. The minimum Gasteiger partial charge on any atom is -0.497 e. The van der Waals surface area contributed by atoms with Crippen molar-refractivity contribution in [2.75, 3.05) is 13.7 Å². The molecule has 2 aromatic rings. The molecule has 3 atom stereocenters. The highest BCUT2D eigenvalue weighted by atomic mass is 35.5. The van der Waals surface area contributed by atoms with Crippen LogP contribution in [-0.4, -0.2) is 60.6 Å². The van der Waals surface area contributed by atoms with E-state index >= 15 is 0 Å². The number of alkyl halides is 3. The highest BCUT2D eigenvalue weighted by Crippen LogP contribution is 2.41. The Hall–Kier alpha value is -3.64. The van der Waals surface area contributed by atoms with Gasteiger partial charge in [0.25, 0.3) is 5.78 Å². The number of carbonyl (C=O) groups is 4. The molecule has 3 unspecified atom stereocenters. The van der Waals surface area contributed by atoms with Crippen molar-refractivity contribution in [2.24, 2.45) is 5.92 Å². The van der Waals surface area contributed by atoms with E-state index in [1.807, 2.05) is 0 Å². The smallest absolute Gasteiger partial charge is 0.452 e. The summed E-state index contributed by atoms with van der Waals surface area (Å²) in [5.41, 5.74) is -0.105. The first-order valence-corrected chi connectivity index (χ1v) is 14.1. The summed E-state index contributed by atoms with van der Waals surface area (Å²) in [6.07, 6.45) is -2.67. The highest BCUT2D eigenvalue weighted by molar-refractivity contribution is 6.30. The first kappa shape index (κ1) is 33.9. The largest absolute Gasteiger partial charge is 0.497 e. The molecular weight excluding hydrogens is 591 g/mol. The third kappa shape index (κ3) is 8.05. The van der Waals surface area contributed by atoms with Gasteiger partial charge in [-0.05, 0) is 54.2 Å². The van der Waals surface area contributed by atoms with Crippen LogP contribution in [0, 0.1) is 5.92 Å². The molecule has 0 saturated heterocycles. The monoisotopic (exact) mass is 625 g/mol. The third-order valence-corrected chi connectivity index (χ3v) is 7.87. The molecule has 1 aliphatic rings. The van der Waals surface area contributed by atoms with Gasteiger partial charge in [0.05, 0.1) is 25.2 Å². The van der Waals surface area contributed by atoms with Crippen molar-refractivity contribution in [1.82, 2.24) is 16.0 Å². The van der Waals surface area contributed by atoms with Crippen LogP contribution in [0.25, 0.3) is 0 Å². The molecule has 0 aromatic heterocycles. The molecule has 4 N–H and O–H groups in total. The topological polar surface area (TPSA) is 134 Å². The van der Waals surface area contributed by atoms with Crippen LogP contribution in [0.5, 0.6) is 5.75 Å². The number of hydrogen-bond acceptors (Lipinski definition) is 6. The van der Waals surface area contributed by atoms with Gasteiger partial charge in [0.1, 0.15) is 17.8 Å². The lowest BCUT2D eigenvalue weighted by molar-refractivity contribution is -0.175. The molecule has 3 rings (SSSR count). The second-order valence-electron chi connectivity index (χ2n) is 10.8. The predicted octanol–water partition coefficient (Wildman–Crippen LogP) is 3.77. The van der Waals surface area contributed by atoms with Crippen molar-refractivity contribution in [3.63, 3.8) is 0 Å². The number of aliphatic hydroxyl groups is 1. The number of amides is 3. The molecule has 43 heavy (non-hydrogen) atoms. The van der Waals surface area contributed by atoms with Crippen LogP contribution in [0.15, 0.2) is 48.5 Å². The molecule has 0 bridgehead atoms. The molecule has 1 aliphatic carbocycles. The summed E-state index contributed by atoms with van der Waals surface area (Å²) in [5, 5.41) is 17.7. The molecule has 0 aliphatic heterocycles. The summed E-state index contributed by atoms with van der Waals surface area (Å²) in [6, 6.07) is 7.58. The SMILES string of the molecule is COc1ccc(C(NC(=O)C(CO)NC(=O)C2(c3ccc(Cl)cc3)CCCC2)C(=O)NC(C(=O)C(F)(F)F)C(C)C)cc1. The molecule has 3 amide bonds. The maximum Gasteiger partial charge on any atom is 0.452 e. The molecule has 1 saturated carbocycles. The Bertz CT molecular complexity index is 1300. The molecule has 0 heterocycles. The maximum absolute atomic E-state index is 13.6. The number of benzene rings is 2.